The van der Waals surface area contributed by atoms with Gasteiger partial charge in [-0.25, -0.2) is 0 Å². The Morgan fingerprint density at radius 2 is 1.74 bits per heavy atom. The van der Waals surface area contributed by atoms with E-state index in [-0.39, 0.29) is 25.0 Å². The van der Waals surface area contributed by atoms with E-state index in [0.29, 0.717) is 23.7 Å². The maximum Gasteiger partial charge on any atom is 0.261 e. The summed E-state index contributed by atoms with van der Waals surface area (Å²) in [5.74, 6) is 0.119. The second-order valence-corrected chi connectivity index (χ2v) is 9.24. The van der Waals surface area contributed by atoms with Crippen LogP contribution in [0.15, 0.2) is 77.3 Å². The van der Waals surface area contributed by atoms with E-state index in [2.05, 4.69) is 21.2 Å². The number of hydrogen-bond acceptors (Lipinski definition) is 3. The highest BCUT2D eigenvalue weighted by Crippen LogP contribution is 2.22. The molecular weight excluding hydrogens is 516 g/mol. The van der Waals surface area contributed by atoms with Crippen LogP contribution in [0, 0.1) is 6.92 Å². The molecule has 0 aliphatic rings. The summed E-state index contributed by atoms with van der Waals surface area (Å²) in [6.07, 6.45) is 0.392. The Hall–Kier alpha value is -2.83. The summed E-state index contributed by atoms with van der Waals surface area (Å²) < 4.78 is 6.78. The van der Waals surface area contributed by atoms with E-state index in [4.69, 9.17) is 16.3 Å². The van der Waals surface area contributed by atoms with Gasteiger partial charge < -0.3 is 15.0 Å². The zero-order chi connectivity index (χ0) is 24.5. The lowest BCUT2D eigenvalue weighted by Gasteiger charge is -2.31. The van der Waals surface area contributed by atoms with E-state index in [9.17, 15) is 9.59 Å². The van der Waals surface area contributed by atoms with Crippen molar-refractivity contribution in [2.75, 3.05) is 13.2 Å². The molecule has 0 unspecified atom stereocenters. The topological polar surface area (TPSA) is 58.6 Å². The van der Waals surface area contributed by atoms with Gasteiger partial charge in [0.05, 0.1) is 0 Å². The first-order chi connectivity index (χ1) is 16.4. The number of hydrogen-bond donors (Lipinski definition) is 1. The van der Waals surface area contributed by atoms with Crippen LogP contribution in [-0.4, -0.2) is 35.9 Å². The van der Waals surface area contributed by atoms with E-state index in [0.717, 1.165) is 21.2 Å². The van der Waals surface area contributed by atoms with Gasteiger partial charge in [-0.1, -0.05) is 70.0 Å². The lowest BCUT2D eigenvalue weighted by Crippen LogP contribution is -2.51. The Labute approximate surface area is 214 Å². The number of aryl methyl sites for hydroxylation is 1. The molecule has 5 nitrogen and oxygen atoms in total. The van der Waals surface area contributed by atoms with Crippen LogP contribution in [0.4, 0.5) is 0 Å². The second kappa shape index (κ2) is 12.6. The standard InChI is InChI=1S/C27H28BrClN2O3/c1-3-30-27(33)25(16-20-7-5-4-6-8-20)31(17-21-9-11-22(29)12-10-21)26(32)18-34-23-13-14-24(28)19(2)15-23/h4-15,25H,3,16-18H2,1-2H3,(H,30,33)/t25-/m0/s1. The normalized spacial score (nSPS) is 11.5. The third-order valence-electron chi connectivity index (χ3n) is 5.38. The molecule has 2 amide bonds. The third kappa shape index (κ3) is 7.34. The molecule has 0 aliphatic carbocycles. The lowest BCUT2D eigenvalue weighted by molar-refractivity contribution is -0.142. The molecule has 7 heteroatoms. The Bertz CT molecular complexity index is 1110. The van der Waals surface area contributed by atoms with Crippen molar-refractivity contribution in [3.05, 3.63) is 99.0 Å². The minimum Gasteiger partial charge on any atom is -0.484 e. The van der Waals surface area contributed by atoms with Gasteiger partial charge in [-0.15, -0.1) is 0 Å². The van der Waals surface area contributed by atoms with Gasteiger partial charge in [0.25, 0.3) is 5.91 Å². The van der Waals surface area contributed by atoms with Gasteiger partial charge in [0.1, 0.15) is 11.8 Å². The Kier molecular flexibility index (Phi) is 9.54. The summed E-state index contributed by atoms with van der Waals surface area (Å²) in [7, 11) is 0. The first-order valence-corrected chi connectivity index (χ1v) is 12.3. The smallest absolute Gasteiger partial charge is 0.261 e. The SMILES string of the molecule is CCNC(=O)[C@H](Cc1ccccc1)N(Cc1ccc(Cl)cc1)C(=O)COc1ccc(Br)c(C)c1. The van der Waals surface area contributed by atoms with E-state index < -0.39 is 6.04 Å². The van der Waals surface area contributed by atoms with Crippen LogP contribution in [0.1, 0.15) is 23.6 Å². The van der Waals surface area contributed by atoms with Crippen LogP contribution < -0.4 is 10.1 Å². The predicted molar refractivity (Wildman–Crippen MR) is 139 cm³/mol. The van der Waals surface area contributed by atoms with Gasteiger partial charge in [-0.2, -0.15) is 0 Å². The maximum atomic E-state index is 13.5. The van der Waals surface area contributed by atoms with Crippen molar-refractivity contribution < 1.29 is 14.3 Å². The molecule has 0 radical (unpaired) electrons. The van der Waals surface area contributed by atoms with Crippen LogP contribution in [-0.2, 0) is 22.6 Å². The minimum absolute atomic E-state index is 0.181. The van der Waals surface area contributed by atoms with Crippen molar-refractivity contribution in [3.8, 4) is 5.75 Å². The molecule has 3 aromatic carbocycles. The summed E-state index contributed by atoms with van der Waals surface area (Å²) in [5.41, 5.74) is 2.85. The molecule has 0 saturated heterocycles. The zero-order valence-corrected chi connectivity index (χ0v) is 21.6. The molecule has 34 heavy (non-hydrogen) atoms. The number of carbonyl (C=O) groups is 2. The minimum atomic E-state index is -0.694. The number of rotatable bonds is 10. The molecule has 0 saturated carbocycles. The Morgan fingerprint density at radius 3 is 2.38 bits per heavy atom. The largest absolute Gasteiger partial charge is 0.484 e. The fourth-order valence-electron chi connectivity index (χ4n) is 3.57. The molecule has 0 bridgehead atoms. The Balaban J connectivity index is 1.88. The summed E-state index contributed by atoms with van der Waals surface area (Å²) in [5, 5.41) is 3.49. The monoisotopic (exact) mass is 542 g/mol. The number of ether oxygens (including phenoxy) is 1. The third-order valence-corrected chi connectivity index (χ3v) is 6.52. The van der Waals surface area contributed by atoms with Crippen molar-refractivity contribution >= 4 is 39.3 Å². The van der Waals surface area contributed by atoms with Gasteiger partial charge in [-0.05, 0) is 60.9 Å². The number of benzene rings is 3. The van der Waals surface area contributed by atoms with Crippen molar-refractivity contribution in [3.63, 3.8) is 0 Å². The summed E-state index contributed by atoms with van der Waals surface area (Å²) in [6, 6.07) is 21.8. The first kappa shape index (κ1) is 25.8. The molecule has 3 aromatic rings. The van der Waals surface area contributed by atoms with Gasteiger partial charge in [0.15, 0.2) is 6.61 Å². The highest BCUT2D eigenvalue weighted by molar-refractivity contribution is 9.10. The fourth-order valence-corrected chi connectivity index (χ4v) is 3.94. The average Bonchev–Trinajstić information content (AvgIpc) is 2.84. The van der Waals surface area contributed by atoms with Crippen LogP contribution in [0.25, 0.3) is 0 Å². The van der Waals surface area contributed by atoms with Crippen LogP contribution >= 0.6 is 27.5 Å². The molecule has 0 spiro atoms. The van der Waals surface area contributed by atoms with E-state index >= 15 is 0 Å². The van der Waals surface area contributed by atoms with E-state index in [1.165, 1.54) is 0 Å². The predicted octanol–water partition coefficient (Wildman–Crippen LogP) is 5.57. The zero-order valence-electron chi connectivity index (χ0n) is 19.3. The van der Waals surface area contributed by atoms with E-state index in [1.807, 2.05) is 68.4 Å². The fraction of sp³-hybridized carbons (Fsp3) is 0.259. The van der Waals surface area contributed by atoms with Crippen LogP contribution in [0.5, 0.6) is 5.75 Å². The molecular formula is C27H28BrClN2O3. The average molecular weight is 544 g/mol. The van der Waals surface area contributed by atoms with Crippen LogP contribution in [0.3, 0.4) is 0 Å². The molecule has 178 valence electrons. The van der Waals surface area contributed by atoms with Gasteiger partial charge in [-0.3, -0.25) is 9.59 Å². The highest BCUT2D eigenvalue weighted by Gasteiger charge is 2.30. The molecule has 1 N–H and O–H groups in total. The summed E-state index contributed by atoms with van der Waals surface area (Å²) in [4.78, 5) is 28.2. The number of carbonyl (C=O) groups excluding carboxylic acids is 2. The number of likely N-dealkylation sites (N-methyl/N-ethyl adjacent to an activating group) is 1. The van der Waals surface area contributed by atoms with Crippen molar-refractivity contribution in [2.24, 2.45) is 0 Å². The second-order valence-electron chi connectivity index (χ2n) is 7.95. The van der Waals surface area contributed by atoms with Gasteiger partial charge in [0.2, 0.25) is 5.91 Å². The van der Waals surface area contributed by atoms with Crippen molar-refractivity contribution in [1.29, 1.82) is 0 Å². The molecule has 0 fully saturated rings. The number of nitrogens with one attached hydrogen (secondary N) is 1. The molecule has 0 aromatic heterocycles. The molecule has 0 heterocycles. The highest BCUT2D eigenvalue weighted by atomic mass is 79.9. The van der Waals surface area contributed by atoms with Gasteiger partial charge in [0, 0.05) is 29.0 Å². The number of halogens is 2. The molecule has 3 rings (SSSR count). The van der Waals surface area contributed by atoms with E-state index in [1.54, 1.807) is 23.1 Å². The molecule has 1 atom stereocenters. The Morgan fingerprint density at radius 1 is 1.03 bits per heavy atom. The number of amides is 2. The number of nitrogens with zero attached hydrogens (tertiary/aromatic N) is 1. The lowest BCUT2D eigenvalue weighted by atomic mass is 10.0. The van der Waals surface area contributed by atoms with Crippen molar-refractivity contribution in [1.82, 2.24) is 10.2 Å². The summed E-state index contributed by atoms with van der Waals surface area (Å²) in [6.45, 7) is 4.37. The maximum absolute atomic E-state index is 13.5. The summed E-state index contributed by atoms with van der Waals surface area (Å²) >= 11 is 9.52. The van der Waals surface area contributed by atoms with Crippen LogP contribution in [0.2, 0.25) is 5.02 Å². The first-order valence-electron chi connectivity index (χ1n) is 11.1. The van der Waals surface area contributed by atoms with Crippen molar-refractivity contribution in [2.45, 2.75) is 32.9 Å². The molecule has 0 aliphatic heterocycles. The van der Waals surface area contributed by atoms with Gasteiger partial charge >= 0.3 is 0 Å². The quantitative estimate of drug-likeness (QED) is 0.364.